The van der Waals surface area contributed by atoms with Crippen molar-refractivity contribution in [3.05, 3.63) is 59.9 Å². The maximum atomic E-state index is 12.2. The van der Waals surface area contributed by atoms with E-state index in [4.69, 9.17) is 4.18 Å². The number of hydrogen-bond donors (Lipinski definition) is 0. The monoisotopic (exact) mass is 394 g/mol. The summed E-state index contributed by atoms with van der Waals surface area (Å²) in [5.41, 5.74) is 2.00. The second-order valence-electron chi connectivity index (χ2n) is 5.52. The highest BCUT2D eigenvalue weighted by atomic mass is 32.2. The highest BCUT2D eigenvalue weighted by molar-refractivity contribution is 8.38. The summed E-state index contributed by atoms with van der Waals surface area (Å²) < 4.78 is 30.5. The molecule has 0 saturated heterocycles. The fraction of sp³-hybridized carbons (Fsp3) is 0.294. The van der Waals surface area contributed by atoms with Gasteiger partial charge in [0, 0.05) is 17.7 Å². The van der Waals surface area contributed by atoms with Gasteiger partial charge in [-0.05, 0) is 31.2 Å². The van der Waals surface area contributed by atoms with Crippen molar-refractivity contribution in [2.75, 3.05) is 12.4 Å². The van der Waals surface area contributed by atoms with Gasteiger partial charge in [-0.25, -0.2) is 0 Å². The van der Waals surface area contributed by atoms with Crippen molar-refractivity contribution in [1.82, 2.24) is 4.98 Å². The first-order chi connectivity index (χ1) is 12.0. The number of pyridine rings is 1. The first-order valence-electron chi connectivity index (χ1n) is 7.72. The summed E-state index contributed by atoms with van der Waals surface area (Å²) in [5.74, 6) is 1.48. The van der Waals surface area contributed by atoms with Crippen molar-refractivity contribution in [2.45, 2.75) is 23.6 Å². The van der Waals surface area contributed by atoms with Crippen LogP contribution in [0, 0.1) is 6.92 Å². The van der Waals surface area contributed by atoms with E-state index in [1.165, 1.54) is 0 Å². The van der Waals surface area contributed by atoms with Gasteiger partial charge in [-0.1, -0.05) is 47.3 Å². The summed E-state index contributed by atoms with van der Waals surface area (Å²) in [4.78, 5) is 9.00. The average Bonchev–Trinajstić information content (AvgIpc) is 3.08. The quantitative estimate of drug-likeness (QED) is 0.699. The van der Waals surface area contributed by atoms with E-state index in [0.29, 0.717) is 0 Å². The molecule has 0 unspecified atom stereocenters. The predicted molar refractivity (Wildman–Crippen MR) is 104 cm³/mol. The van der Waals surface area contributed by atoms with E-state index in [1.54, 1.807) is 54.0 Å². The molecule has 3 rings (SSSR count). The molecule has 0 amide bonds. The highest BCUT2D eigenvalue weighted by Gasteiger charge is 2.23. The summed E-state index contributed by atoms with van der Waals surface area (Å²) in [7, 11) is -3.73. The number of thioether (sulfide) groups is 2. The first kappa shape index (κ1) is 18.4. The molecule has 0 saturated carbocycles. The van der Waals surface area contributed by atoms with Gasteiger partial charge in [0.25, 0.3) is 10.1 Å². The number of aliphatic imine (C=N–C) groups is 1. The van der Waals surface area contributed by atoms with Crippen molar-refractivity contribution in [3.63, 3.8) is 0 Å². The Morgan fingerprint density at radius 1 is 1.24 bits per heavy atom. The van der Waals surface area contributed by atoms with Crippen LogP contribution in [-0.4, -0.2) is 36.2 Å². The zero-order valence-electron chi connectivity index (χ0n) is 13.7. The lowest BCUT2D eigenvalue weighted by atomic mass is 10.2. The highest BCUT2D eigenvalue weighted by Crippen LogP contribution is 2.28. The van der Waals surface area contributed by atoms with Crippen LogP contribution in [0.25, 0.3) is 0 Å². The molecule has 25 heavy (non-hydrogen) atoms. The second-order valence-corrected chi connectivity index (χ2v) is 9.37. The second kappa shape index (κ2) is 8.35. The lowest BCUT2D eigenvalue weighted by molar-refractivity contribution is 0.302. The van der Waals surface area contributed by atoms with E-state index in [-0.39, 0.29) is 17.5 Å². The van der Waals surface area contributed by atoms with Crippen LogP contribution in [0.3, 0.4) is 0 Å². The molecule has 1 aliphatic rings. The van der Waals surface area contributed by atoms with Crippen molar-refractivity contribution in [3.8, 4) is 0 Å². The molecule has 2 aromatic rings. The molecule has 8 heteroatoms. The smallest absolute Gasteiger partial charge is 0.265 e. The van der Waals surface area contributed by atoms with Crippen molar-refractivity contribution >= 4 is 38.0 Å². The summed E-state index contributed by atoms with van der Waals surface area (Å²) in [6.07, 6.45) is 1.77. The number of aromatic nitrogens is 1. The summed E-state index contributed by atoms with van der Waals surface area (Å²) >= 11 is 3.25. The molecular formula is C17H18N2O3S3. The van der Waals surface area contributed by atoms with E-state index in [0.717, 1.165) is 27.1 Å². The maximum Gasteiger partial charge on any atom is 0.297 e. The molecule has 1 atom stereocenters. The van der Waals surface area contributed by atoms with Gasteiger partial charge in [0.15, 0.2) is 0 Å². The van der Waals surface area contributed by atoms with Crippen LogP contribution < -0.4 is 0 Å². The summed E-state index contributed by atoms with van der Waals surface area (Å²) in [6.45, 7) is 1.97. The van der Waals surface area contributed by atoms with Gasteiger partial charge in [-0.15, -0.1) is 0 Å². The third-order valence-electron chi connectivity index (χ3n) is 3.48. The molecule has 0 fully saturated rings. The lowest BCUT2D eigenvalue weighted by Gasteiger charge is -2.08. The minimum absolute atomic E-state index is 0.0663. The Bertz CT molecular complexity index is 837. The number of aryl methyl sites for hydroxylation is 1. The Morgan fingerprint density at radius 3 is 2.76 bits per heavy atom. The number of hydrogen-bond acceptors (Lipinski definition) is 7. The largest absolute Gasteiger partial charge is 0.297 e. The molecule has 0 spiro atoms. The molecule has 0 N–H and O–H groups in total. The fourth-order valence-electron chi connectivity index (χ4n) is 2.12. The third-order valence-corrected chi connectivity index (χ3v) is 7.18. The number of rotatable bonds is 6. The Balaban J connectivity index is 1.52. The van der Waals surface area contributed by atoms with Crippen LogP contribution in [0.1, 0.15) is 11.3 Å². The van der Waals surface area contributed by atoms with Crippen molar-refractivity contribution < 1.29 is 12.6 Å². The molecule has 0 radical (unpaired) electrons. The van der Waals surface area contributed by atoms with E-state index in [9.17, 15) is 8.42 Å². The molecule has 0 aliphatic carbocycles. The van der Waals surface area contributed by atoms with Gasteiger partial charge < -0.3 is 0 Å². The molecule has 1 aromatic heterocycles. The van der Waals surface area contributed by atoms with Gasteiger partial charge in [-0.3, -0.25) is 14.2 Å². The Kier molecular flexibility index (Phi) is 6.16. The average molecular weight is 395 g/mol. The summed E-state index contributed by atoms with van der Waals surface area (Å²) in [6, 6.07) is 12.3. The standard InChI is InChI=1S/C17H18N2O3S3/c1-13-5-7-16(8-6-13)25(20,21)22-10-15-12-24-17(19-15)23-11-14-4-2-3-9-18-14/h2-9,15H,10-12H2,1H3/t15-/m1/s1. The van der Waals surface area contributed by atoms with Crippen LogP contribution in [0.2, 0.25) is 0 Å². The fourth-order valence-corrected chi connectivity index (χ4v) is 5.17. The first-order valence-corrected chi connectivity index (χ1v) is 11.1. The van der Waals surface area contributed by atoms with Gasteiger partial charge in [-0.2, -0.15) is 8.42 Å². The molecular weight excluding hydrogens is 376 g/mol. The van der Waals surface area contributed by atoms with Crippen LogP contribution in [0.15, 0.2) is 58.5 Å². The molecule has 1 aromatic carbocycles. The van der Waals surface area contributed by atoms with Gasteiger partial charge in [0.1, 0.15) is 4.38 Å². The Morgan fingerprint density at radius 2 is 2.04 bits per heavy atom. The van der Waals surface area contributed by atoms with E-state index < -0.39 is 10.1 Å². The van der Waals surface area contributed by atoms with Crippen molar-refractivity contribution in [1.29, 1.82) is 0 Å². The van der Waals surface area contributed by atoms with Gasteiger partial charge in [0.05, 0.1) is 23.2 Å². The number of benzene rings is 1. The van der Waals surface area contributed by atoms with Gasteiger partial charge >= 0.3 is 0 Å². The van der Waals surface area contributed by atoms with Crippen LogP contribution in [0.4, 0.5) is 0 Å². The predicted octanol–water partition coefficient (Wildman–Crippen LogP) is 3.50. The van der Waals surface area contributed by atoms with E-state index in [1.807, 2.05) is 25.1 Å². The summed E-state index contributed by atoms with van der Waals surface area (Å²) in [5, 5.41) is 0. The Labute approximate surface area is 156 Å². The van der Waals surface area contributed by atoms with Crippen LogP contribution in [-0.2, 0) is 20.1 Å². The van der Waals surface area contributed by atoms with E-state index in [2.05, 4.69) is 9.98 Å². The zero-order chi connectivity index (χ0) is 17.7. The maximum absolute atomic E-state index is 12.2. The lowest BCUT2D eigenvalue weighted by Crippen LogP contribution is -2.17. The zero-order valence-corrected chi connectivity index (χ0v) is 16.1. The van der Waals surface area contributed by atoms with Crippen LogP contribution >= 0.6 is 23.5 Å². The molecule has 132 valence electrons. The molecule has 5 nitrogen and oxygen atoms in total. The van der Waals surface area contributed by atoms with Crippen molar-refractivity contribution in [2.24, 2.45) is 4.99 Å². The normalized spacial score (nSPS) is 17.5. The van der Waals surface area contributed by atoms with Gasteiger partial charge in [0.2, 0.25) is 0 Å². The number of nitrogens with zero attached hydrogens (tertiary/aromatic N) is 2. The molecule has 1 aliphatic heterocycles. The van der Waals surface area contributed by atoms with E-state index >= 15 is 0 Å². The Hall–Kier alpha value is -1.35. The SMILES string of the molecule is Cc1ccc(S(=O)(=O)OC[C@@H]2CSC(SCc3ccccn3)=N2)cc1. The minimum Gasteiger partial charge on any atom is -0.265 e. The van der Waals surface area contributed by atoms with Crippen LogP contribution in [0.5, 0.6) is 0 Å². The molecule has 0 bridgehead atoms. The molecule has 2 heterocycles. The topological polar surface area (TPSA) is 68.6 Å². The minimum atomic E-state index is -3.73. The third kappa shape index (κ3) is 5.31.